The molecule has 2 aromatic rings. The first kappa shape index (κ1) is 18.3. The second kappa shape index (κ2) is 8.69. The van der Waals surface area contributed by atoms with E-state index in [4.69, 9.17) is 21.6 Å². The minimum absolute atomic E-state index is 0.0713. The lowest BCUT2D eigenvalue weighted by Gasteiger charge is -2.10. The Kier molecular flexibility index (Phi) is 6.62. The Labute approximate surface area is 146 Å². The lowest BCUT2D eigenvalue weighted by Crippen LogP contribution is -2.18. The van der Waals surface area contributed by atoms with Gasteiger partial charge in [0.2, 0.25) is 10.0 Å². The predicted octanol–water partition coefficient (Wildman–Crippen LogP) is 3.56. The molecule has 0 aliphatic rings. The number of nitriles is 1. The van der Waals surface area contributed by atoms with Crippen LogP contribution in [-0.2, 0) is 21.4 Å². The Balaban J connectivity index is 1.78. The van der Waals surface area contributed by atoms with Gasteiger partial charge in [0, 0.05) is 6.61 Å². The normalized spacial score (nSPS) is 11.0. The van der Waals surface area contributed by atoms with Gasteiger partial charge in [-0.3, -0.25) is 4.72 Å². The topological polar surface area (TPSA) is 79.2 Å². The summed E-state index contributed by atoms with van der Waals surface area (Å²) in [6, 6.07) is 16.0. The molecule has 0 aliphatic carbocycles. The van der Waals surface area contributed by atoms with Crippen molar-refractivity contribution in [1.82, 2.24) is 0 Å². The largest absolute Gasteiger partial charge is 0.377 e. The Bertz CT molecular complexity index is 817. The number of nitrogens with one attached hydrogen (secondary N) is 1. The highest BCUT2D eigenvalue weighted by Gasteiger charge is 2.12. The van der Waals surface area contributed by atoms with Crippen LogP contribution in [0.25, 0.3) is 0 Å². The monoisotopic (exact) mass is 364 g/mol. The van der Waals surface area contributed by atoms with Gasteiger partial charge in [0.15, 0.2) is 0 Å². The van der Waals surface area contributed by atoms with Crippen molar-refractivity contribution in [3.8, 4) is 6.07 Å². The Hall–Kier alpha value is -2.07. The molecule has 2 aromatic carbocycles. The quantitative estimate of drug-likeness (QED) is 0.726. The molecule has 0 aromatic heterocycles. The summed E-state index contributed by atoms with van der Waals surface area (Å²) in [4.78, 5) is 0. The van der Waals surface area contributed by atoms with Crippen LogP contribution in [0.4, 0.5) is 5.69 Å². The van der Waals surface area contributed by atoms with Gasteiger partial charge in [-0.1, -0.05) is 41.9 Å². The molecule has 0 saturated heterocycles. The van der Waals surface area contributed by atoms with E-state index in [0.717, 1.165) is 5.56 Å². The maximum absolute atomic E-state index is 12.0. The van der Waals surface area contributed by atoms with Gasteiger partial charge in [-0.15, -0.1) is 0 Å². The maximum Gasteiger partial charge on any atom is 0.232 e. The van der Waals surface area contributed by atoms with Crippen molar-refractivity contribution in [2.75, 3.05) is 17.1 Å². The Morgan fingerprint density at radius 1 is 1.17 bits per heavy atom. The first-order chi connectivity index (χ1) is 11.5. The van der Waals surface area contributed by atoms with Gasteiger partial charge >= 0.3 is 0 Å². The molecule has 0 atom stereocenters. The highest BCUT2D eigenvalue weighted by atomic mass is 35.5. The molecule has 0 heterocycles. The van der Waals surface area contributed by atoms with Crippen LogP contribution < -0.4 is 4.72 Å². The van der Waals surface area contributed by atoms with E-state index in [9.17, 15) is 8.42 Å². The molecular formula is C17H17ClN2O3S. The van der Waals surface area contributed by atoms with E-state index < -0.39 is 10.0 Å². The van der Waals surface area contributed by atoms with Gasteiger partial charge < -0.3 is 4.74 Å². The average molecular weight is 365 g/mol. The molecule has 0 spiro atoms. The summed E-state index contributed by atoms with van der Waals surface area (Å²) in [6.07, 6.45) is 0.371. The number of nitrogens with zero attached hydrogens (tertiary/aromatic N) is 1. The molecule has 5 nitrogen and oxygen atoms in total. The van der Waals surface area contributed by atoms with Crippen molar-refractivity contribution in [2.24, 2.45) is 0 Å². The van der Waals surface area contributed by atoms with E-state index in [0.29, 0.717) is 25.2 Å². The number of hydrogen-bond acceptors (Lipinski definition) is 4. The van der Waals surface area contributed by atoms with Crippen LogP contribution in [0.2, 0.25) is 5.02 Å². The van der Waals surface area contributed by atoms with Gasteiger partial charge in [-0.2, -0.15) is 5.26 Å². The number of rotatable bonds is 8. The van der Waals surface area contributed by atoms with Crippen LogP contribution in [0.5, 0.6) is 0 Å². The molecule has 24 heavy (non-hydrogen) atoms. The fraction of sp³-hybridized carbons (Fsp3) is 0.235. The van der Waals surface area contributed by atoms with Crippen molar-refractivity contribution in [2.45, 2.75) is 13.0 Å². The summed E-state index contributed by atoms with van der Waals surface area (Å²) in [5, 5.41) is 8.97. The average Bonchev–Trinajstić information content (AvgIpc) is 2.57. The molecule has 1 N–H and O–H groups in total. The predicted molar refractivity (Wildman–Crippen MR) is 94.3 cm³/mol. The van der Waals surface area contributed by atoms with Gasteiger partial charge in [0.05, 0.1) is 34.7 Å². The van der Waals surface area contributed by atoms with Crippen LogP contribution >= 0.6 is 11.6 Å². The molecule has 0 fully saturated rings. The van der Waals surface area contributed by atoms with E-state index >= 15 is 0 Å². The third-order valence-electron chi connectivity index (χ3n) is 3.18. The smallest absolute Gasteiger partial charge is 0.232 e. The number of sulfonamides is 1. The minimum Gasteiger partial charge on any atom is -0.377 e. The lowest BCUT2D eigenvalue weighted by molar-refractivity contribution is 0.122. The molecular weight excluding hydrogens is 348 g/mol. The third-order valence-corrected chi connectivity index (χ3v) is 4.85. The number of halogens is 1. The molecule has 0 amide bonds. The second-order valence-corrected chi connectivity index (χ2v) is 7.37. The van der Waals surface area contributed by atoms with Crippen molar-refractivity contribution in [3.63, 3.8) is 0 Å². The standard InChI is InChI=1S/C17H17ClN2O3S/c18-16-11-15(12-19)7-8-17(16)20-24(21,22)10-4-9-23-13-14-5-2-1-3-6-14/h1-3,5-8,11,20H,4,9-10,13H2. The summed E-state index contributed by atoms with van der Waals surface area (Å²) < 4.78 is 32.0. The number of benzene rings is 2. The molecule has 7 heteroatoms. The molecule has 0 radical (unpaired) electrons. The Morgan fingerprint density at radius 2 is 1.92 bits per heavy atom. The lowest BCUT2D eigenvalue weighted by atomic mass is 10.2. The van der Waals surface area contributed by atoms with Crippen molar-refractivity contribution in [1.29, 1.82) is 5.26 Å². The van der Waals surface area contributed by atoms with Gasteiger partial charge in [-0.05, 0) is 30.2 Å². The van der Waals surface area contributed by atoms with Gasteiger partial charge in [-0.25, -0.2) is 8.42 Å². The van der Waals surface area contributed by atoms with Crippen LogP contribution in [-0.4, -0.2) is 20.8 Å². The van der Waals surface area contributed by atoms with Crippen LogP contribution in [0.3, 0.4) is 0 Å². The zero-order valence-corrected chi connectivity index (χ0v) is 14.5. The summed E-state index contributed by atoms with van der Waals surface area (Å²) >= 11 is 5.96. The van der Waals surface area contributed by atoms with E-state index in [1.165, 1.54) is 18.2 Å². The molecule has 0 bridgehead atoms. The van der Waals surface area contributed by atoms with Crippen molar-refractivity contribution < 1.29 is 13.2 Å². The summed E-state index contributed by atoms with van der Waals surface area (Å²) in [5.41, 5.74) is 1.68. The van der Waals surface area contributed by atoms with E-state index in [1.807, 2.05) is 36.4 Å². The summed E-state index contributed by atoms with van der Waals surface area (Å²) in [6.45, 7) is 0.798. The molecule has 126 valence electrons. The van der Waals surface area contributed by atoms with Crippen LogP contribution in [0.1, 0.15) is 17.5 Å². The summed E-state index contributed by atoms with van der Waals surface area (Å²) in [7, 11) is -3.52. The molecule has 0 unspecified atom stereocenters. The summed E-state index contributed by atoms with van der Waals surface area (Å²) in [5.74, 6) is -0.0713. The Morgan fingerprint density at radius 3 is 2.58 bits per heavy atom. The SMILES string of the molecule is N#Cc1ccc(NS(=O)(=O)CCCOCc2ccccc2)c(Cl)c1. The van der Waals surface area contributed by atoms with Crippen LogP contribution in [0.15, 0.2) is 48.5 Å². The zero-order valence-electron chi connectivity index (χ0n) is 12.9. The third kappa shape index (κ3) is 5.85. The zero-order chi connectivity index (χ0) is 17.4. The minimum atomic E-state index is -3.52. The fourth-order valence-electron chi connectivity index (χ4n) is 2.00. The van der Waals surface area contributed by atoms with E-state index in [2.05, 4.69) is 4.72 Å². The number of anilines is 1. The molecule has 0 saturated carbocycles. The van der Waals surface area contributed by atoms with Crippen molar-refractivity contribution in [3.05, 3.63) is 64.7 Å². The number of ether oxygens (including phenoxy) is 1. The van der Waals surface area contributed by atoms with Crippen LogP contribution in [0, 0.1) is 11.3 Å². The van der Waals surface area contributed by atoms with Gasteiger partial charge in [0.1, 0.15) is 0 Å². The van der Waals surface area contributed by atoms with E-state index in [1.54, 1.807) is 0 Å². The number of hydrogen-bond donors (Lipinski definition) is 1. The van der Waals surface area contributed by atoms with Gasteiger partial charge in [0.25, 0.3) is 0 Å². The highest BCUT2D eigenvalue weighted by Crippen LogP contribution is 2.23. The first-order valence-corrected chi connectivity index (χ1v) is 9.35. The highest BCUT2D eigenvalue weighted by molar-refractivity contribution is 7.92. The molecule has 0 aliphatic heterocycles. The fourth-order valence-corrected chi connectivity index (χ4v) is 3.40. The van der Waals surface area contributed by atoms with E-state index in [-0.39, 0.29) is 16.5 Å². The van der Waals surface area contributed by atoms with Crippen molar-refractivity contribution >= 4 is 27.3 Å². The maximum atomic E-state index is 12.0. The molecule has 2 rings (SSSR count). The second-order valence-electron chi connectivity index (χ2n) is 5.12. The first-order valence-electron chi connectivity index (χ1n) is 7.32.